The number of benzene rings is 1. The Kier molecular flexibility index (Phi) is 4.77. The van der Waals surface area contributed by atoms with E-state index in [9.17, 15) is 4.79 Å². The van der Waals surface area contributed by atoms with E-state index >= 15 is 0 Å². The molecule has 1 aromatic heterocycles. The Hall–Kier alpha value is -1.85. The quantitative estimate of drug-likeness (QED) is 0.808. The van der Waals surface area contributed by atoms with E-state index in [4.69, 9.17) is 4.74 Å². The number of fused-ring (bicyclic) bond motifs is 2. The van der Waals surface area contributed by atoms with E-state index in [-0.39, 0.29) is 12.2 Å². The van der Waals surface area contributed by atoms with E-state index in [0.29, 0.717) is 18.6 Å². The minimum Gasteiger partial charge on any atom is -0.446 e. The number of hydrogen-bond donors (Lipinski definition) is 0. The van der Waals surface area contributed by atoms with Gasteiger partial charge in [0, 0.05) is 24.9 Å². The Balaban J connectivity index is 1.47. The first-order chi connectivity index (χ1) is 12.2. The maximum Gasteiger partial charge on any atom is 0.415 e. The highest BCUT2D eigenvalue weighted by Gasteiger charge is 2.40. The summed E-state index contributed by atoms with van der Waals surface area (Å²) in [6.07, 6.45) is 4.20. The van der Waals surface area contributed by atoms with Crippen LogP contribution in [0.2, 0.25) is 0 Å². The van der Waals surface area contributed by atoms with Crippen LogP contribution >= 0.6 is 11.3 Å². The molecule has 2 saturated heterocycles. The lowest BCUT2D eigenvalue weighted by atomic mass is 10.0. The number of amides is 1. The predicted octanol–water partition coefficient (Wildman–Crippen LogP) is 4.52. The molecule has 3 heterocycles. The standard InChI is InChI=1S/C20H24N2O2S/c1-21-16-9-10-17(21)13-18(12-16)24-20(23)22(19-8-5-11-25-19)14-15-6-3-2-4-7-15/h2-8,11,16-18H,9-10,12-14H2,1H3/t16-,17+,18?. The summed E-state index contributed by atoms with van der Waals surface area (Å²) in [5.41, 5.74) is 1.11. The van der Waals surface area contributed by atoms with Crippen LogP contribution < -0.4 is 4.90 Å². The van der Waals surface area contributed by atoms with Crippen molar-refractivity contribution in [3.05, 3.63) is 53.4 Å². The van der Waals surface area contributed by atoms with Crippen LogP contribution in [-0.4, -0.2) is 36.2 Å². The molecular weight excluding hydrogens is 332 g/mol. The second-order valence-corrected chi connectivity index (χ2v) is 7.98. The van der Waals surface area contributed by atoms with Gasteiger partial charge in [-0.15, -0.1) is 11.3 Å². The zero-order valence-electron chi connectivity index (χ0n) is 14.5. The van der Waals surface area contributed by atoms with Crippen LogP contribution in [0.5, 0.6) is 0 Å². The second kappa shape index (κ2) is 7.18. The molecule has 132 valence electrons. The predicted molar refractivity (Wildman–Crippen MR) is 101 cm³/mol. The van der Waals surface area contributed by atoms with E-state index in [1.165, 1.54) is 12.8 Å². The maximum atomic E-state index is 12.9. The highest BCUT2D eigenvalue weighted by atomic mass is 32.1. The molecule has 0 spiro atoms. The highest BCUT2D eigenvalue weighted by Crippen LogP contribution is 2.36. The number of carbonyl (C=O) groups is 1. The van der Waals surface area contributed by atoms with Gasteiger partial charge in [-0.3, -0.25) is 4.90 Å². The molecule has 4 nitrogen and oxygen atoms in total. The minimum atomic E-state index is -0.222. The van der Waals surface area contributed by atoms with Crippen LogP contribution in [0.4, 0.5) is 9.80 Å². The van der Waals surface area contributed by atoms with Crippen molar-refractivity contribution in [2.24, 2.45) is 0 Å². The van der Waals surface area contributed by atoms with Crippen molar-refractivity contribution < 1.29 is 9.53 Å². The summed E-state index contributed by atoms with van der Waals surface area (Å²) >= 11 is 1.57. The van der Waals surface area contributed by atoms with E-state index < -0.39 is 0 Å². The van der Waals surface area contributed by atoms with Crippen LogP contribution in [0.1, 0.15) is 31.2 Å². The Bertz CT molecular complexity index is 690. The lowest BCUT2D eigenvalue weighted by Crippen LogP contribution is -2.45. The van der Waals surface area contributed by atoms with Crippen LogP contribution in [0.15, 0.2) is 47.8 Å². The van der Waals surface area contributed by atoms with Crippen molar-refractivity contribution in [1.82, 2.24) is 4.90 Å². The lowest BCUT2D eigenvalue weighted by Gasteiger charge is -2.36. The number of hydrogen-bond acceptors (Lipinski definition) is 4. The van der Waals surface area contributed by atoms with Crippen LogP contribution in [0.3, 0.4) is 0 Å². The third kappa shape index (κ3) is 3.58. The van der Waals surface area contributed by atoms with Crippen molar-refractivity contribution in [1.29, 1.82) is 0 Å². The Morgan fingerprint density at radius 2 is 1.88 bits per heavy atom. The summed E-state index contributed by atoms with van der Waals surface area (Å²) in [7, 11) is 2.20. The molecule has 3 atom stereocenters. The number of anilines is 1. The lowest BCUT2D eigenvalue weighted by molar-refractivity contribution is 0.0315. The normalized spacial score (nSPS) is 25.7. The SMILES string of the molecule is CN1[C@@H]2CC[C@H]1CC(OC(=O)N(Cc1ccccc1)c1cccs1)C2. The number of thiophene rings is 1. The van der Waals surface area contributed by atoms with E-state index in [1.54, 1.807) is 16.2 Å². The van der Waals surface area contributed by atoms with Crippen molar-refractivity contribution in [2.75, 3.05) is 11.9 Å². The number of ether oxygens (including phenoxy) is 1. The number of carbonyl (C=O) groups excluding carboxylic acids is 1. The average Bonchev–Trinajstić information content (AvgIpc) is 3.20. The molecule has 2 bridgehead atoms. The molecule has 1 unspecified atom stereocenters. The minimum absolute atomic E-state index is 0.0411. The summed E-state index contributed by atoms with van der Waals surface area (Å²) in [5, 5.41) is 2.93. The summed E-state index contributed by atoms with van der Waals surface area (Å²) in [4.78, 5) is 17.2. The third-order valence-corrected chi connectivity index (χ3v) is 6.39. The molecule has 0 saturated carbocycles. The second-order valence-electron chi connectivity index (χ2n) is 7.05. The van der Waals surface area contributed by atoms with Gasteiger partial charge in [-0.2, -0.15) is 0 Å². The van der Waals surface area contributed by atoms with Crippen molar-refractivity contribution in [3.8, 4) is 0 Å². The van der Waals surface area contributed by atoms with E-state index in [2.05, 4.69) is 11.9 Å². The summed E-state index contributed by atoms with van der Waals surface area (Å²) in [6.45, 7) is 0.541. The van der Waals surface area contributed by atoms with Crippen LogP contribution in [-0.2, 0) is 11.3 Å². The smallest absolute Gasteiger partial charge is 0.415 e. The van der Waals surface area contributed by atoms with Crippen LogP contribution in [0, 0.1) is 0 Å². The summed E-state index contributed by atoms with van der Waals surface area (Å²) in [5.74, 6) is 0. The maximum absolute atomic E-state index is 12.9. The summed E-state index contributed by atoms with van der Waals surface area (Å²) in [6, 6.07) is 15.2. The van der Waals surface area contributed by atoms with Gasteiger partial charge < -0.3 is 9.64 Å². The molecule has 2 fully saturated rings. The molecular formula is C20H24N2O2S. The van der Waals surface area contributed by atoms with E-state index in [0.717, 1.165) is 23.4 Å². The zero-order valence-corrected chi connectivity index (χ0v) is 15.3. The monoisotopic (exact) mass is 356 g/mol. The summed E-state index contributed by atoms with van der Waals surface area (Å²) < 4.78 is 5.95. The van der Waals surface area contributed by atoms with Crippen LogP contribution in [0.25, 0.3) is 0 Å². The Labute approximate surface area is 153 Å². The van der Waals surface area contributed by atoms with Gasteiger partial charge in [0.05, 0.1) is 6.54 Å². The first-order valence-electron chi connectivity index (χ1n) is 8.98. The fraction of sp³-hybridized carbons (Fsp3) is 0.450. The number of rotatable bonds is 4. The number of nitrogens with zero attached hydrogens (tertiary/aromatic N) is 2. The molecule has 25 heavy (non-hydrogen) atoms. The first-order valence-corrected chi connectivity index (χ1v) is 9.86. The van der Waals surface area contributed by atoms with Crippen molar-refractivity contribution >= 4 is 22.4 Å². The van der Waals surface area contributed by atoms with Gasteiger partial charge >= 0.3 is 6.09 Å². The topological polar surface area (TPSA) is 32.8 Å². The fourth-order valence-corrected chi connectivity index (χ4v) is 4.81. The highest BCUT2D eigenvalue weighted by molar-refractivity contribution is 7.14. The Morgan fingerprint density at radius 3 is 2.52 bits per heavy atom. The Morgan fingerprint density at radius 1 is 1.16 bits per heavy atom. The molecule has 0 N–H and O–H groups in total. The fourth-order valence-electron chi connectivity index (χ4n) is 4.09. The largest absolute Gasteiger partial charge is 0.446 e. The molecule has 4 rings (SSSR count). The zero-order chi connectivity index (χ0) is 17.2. The number of piperidine rings is 1. The van der Waals surface area contributed by atoms with Gasteiger partial charge in [0.25, 0.3) is 0 Å². The van der Waals surface area contributed by atoms with Crippen molar-refractivity contribution in [2.45, 2.75) is 50.4 Å². The third-order valence-electron chi connectivity index (χ3n) is 5.50. The molecule has 2 aliphatic rings. The van der Waals surface area contributed by atoms with Gasteiger partial charge in [0.15, 0.2) is 0 Å². The first kappa shape index (κ1) is 16.6. The molecule has 2 aliphatic heterocycles. The van der Waals surface area contributed by atoms with Gasteiger partial charge in [-0.1, -0.05) is 30.3 Å². The molecule has 0 radical (unpaired) electrons. The average molecular weight is 356 g/mol. The van der Waals surface area contributed by atoms with Gasteiger partial charge in [-0.05, 0) is 43.0 Å². The molecule has 2 aromatic rings. The molecule has 0 aliphatic carbocycles. The van der Waals surface area contributed by atoms with Gasteiger partial charge in [-0.25, -0.2) is 4.79 Å². The van der Waals surface area contributed by atoms with Crippen molar-refractivity contribution in [3.63, 3.8) is 0 Å². The van der Waals surface area contributed by atoms with Gasteiger partial charge in [0.1, 0.15) is 11.1 Å². The van der Waals surface area contributed by atoms with Gasteiger partial charge in [0.2, 0.25) is 0 Å². The molecule has 1 aromatic carbocycles. The van der Waals surface area contributed by atoms with E-state index in [1.807, 2.05) is 47.8 Å². The molecule has 1 amide bonds. The molecule has 5 heteroatoms.